The normalized spacial score (nSPS) is 10.4. The summed E-state index contributed by atoms with van der Waals surface area (Å²) in [7, 11) is 3.68. The second-order valence-electron chi connectivity index (χ2n) is 3.42. The van der Waals surface area contributed by atoms with Gasteiger partial charge in [-0.25, -0.2) is 0 Å². The quantitative estimate of drug-likeness (QED) is 0.833. The Kier molecular flexibility index (Phi) is 3.52. The maximum atomic E-state index is 11.8. The van der Waals surface area contributed by atoms with Crippen LogP contribution in [0.5, 0.6) is 0 Å². The van der Waals surface area contributed by atoms with Gasteiger partial charge < -0.3 is 10.2 Å². The van der Waals surface area contributed by atoms with Crippen LogP contribution in [-0.4, -0.2) is 30.9 Å². The van der Waals surface area contributed by atoms with Gasteiger partial charge >= 0.3 is 0 Å². The Morgan fingerprint density at radius 2 is 2.14 bits per heavy atom. The molecule has 0 radical (unpaired) electrons. The molecule has 0 aliphatic carbocycles. The molecule has 1 heterocycles. The number of nitrogens with one attached hydrogen (secondary N) is 1. The average Bonchev–Trinajstić information content (AvgIpc) is 2.63. The van der Waals surface area contributed by atoms with Crippen LogP contribution < -0.4 is 5.32 Å². The second kappa shape index (κ2) is 4.46. The molecule has 1 aromatic rings. The summed E-state index contributed by atoms with van der Waals surface area (Å²) >= 11 is 1.48. The molecule has 1 rings (SSSR count). The minimum atomic E-state index is 0.0894. The number of hydrogen-bond donors (Lipinski definition) is 1. The summed E-state index contributed by atoms with van der Waals surface area (Å²) in [5.41, 5.74) is 0. The van der Waals surface area contributed by atoms with Crippen LogP contribution in [0.3, 0.4) is 0 Å². The fourth-order valence-corrected chi connectivity index (χ4v) is 1.84. The van der Waals surface area contributed by atoms with Gasteiger partial charge in [-0.05, 0) is 26.0 Å². The van der Waals surface area contributed by atoms with Gasteiger partial charge in [-0.2, -0.15) is 0 Å². The second-order valence-corrected chi connectivity index (χ2v) is 4.51. The van der Waals surface area contributed by atoms with Crippen LogP contribution in [0.25, 0.3) is 0 Å². The van der Waals surface area contributed by atoms with Crippen molar-refractivity contribution in [3.8, 4) is 0 Å². The average molecular weight is 212 g/mol. The van der Waals surface area contributed by atoms with Gasteiger partial charge in [0.05, 0.1) is 9.88 Å². The third-order valence-corrected chi connectivity index (χ3v) is 3.25. The lowest BCUT2D eigenvalue weighted by Gasteiger charge is -2.20. The SMILES string of the molecule is CNc1ccc(C(=O)N(C)C(C)C)s1. The van der Waals surface area contributed by atoms with E-state index in [0.29, 0.717) is 0 Å². The van der Waals surface area contributed by atoms with E-state index in [-0.39, 0.29) is 11.9 Å². The van der Waals surface area contributed by atoms with E-state index in [1.54, 1.807) is 4.90 Å². The number of nitrogens with zero attached hydrogens (tertiary/aromatic N) is 1. The Bertz CT molecular complexity index is 320. The van der Waals surface area contributed by atoms with Gasteiger partial charge in [0.25, 0.3) is 5.91 Å². The van der Waals surface area contributed by atoms with Gasteiger partial charge in [0, 0.05) is 20.1 Å². The molecular weight excluding hydrogens is 196 g/mol. The fraction of sp³-hybridized carbons (Fsp3) is 0.500. The lowest BCUT2D eigenvalue weighted by molar-refractivity contribution is 0.0760. The smallest absolute Gasteiger partial charge is 0.263 e. The van der Waals surface area contributed by atoms with E-state index in [1.807, 2.05) is 40.1 Å². The number of carbonyl (C=O) groups excluding carboxylic acids is 1. The number of amides is 1. The summed E-state index contributed by atoms with van der Waals surface area (Å²) in [6, 6.07) is 4.02. The molecule has 78 valence electrons. The number of carbonyl (C=O) groups is 1. The van der Waals surface area contributed by atoms with Crippen LogP contribution >= 0.6 is 11.3 Å². The first-order valence-electron chi connectivity index (χ1n) is 4.61. The van der Waals surface area contributed by atoms with Crippen LogP contribution in [0.1, 0.15) is 23.5 Å². The van der Waals surface area contributed by atoms with E-state index < -0.39 is 0 Å². The predicted molar refractivity (Wildman–Crippen MR) is 61.1 cm³/mol. The minimum Gasteiger partial charge on any atom is -0.380 e. The number of anilines is 1. The first-order valence-corrected chi connectivity index (χ1v) is 5.42. The molecule has 0 atom stereocenters. The van der Waals surface area contributed by atoms with Crippen molar-refractivity contribution in [2.45, 2.75) is 19.9 Å². The molecule has 3 nitrogen and oxygen atoms in total. The molecule has 4 heteroatoms. The molecule has 1 aromatic heterocycles. The standard InChI is InChI=1S/C10H16N2OS/c1-7(2)12(4)10(13)8-5-6-9(11-3)14-8/h5-7,11H,1-4H3. The summed E-state index contributed by atoms with van der Waals surface area (Å²) in [6.07, 6.45) is 0. The molecule has 1 amide bonds. The van der Waals surface area contributed by atoms with Gasteiger partial charge in [0.15, 0.2) is 0 Å². The van der Waals surface area contributed by atoms with Crippen LogP contribution in [0, 0.1) is 0 Å². The highest BCUT2D eigenvalue weighted by molar-refractivity contribution is 7.17. The zero-order valence-corrected chi connectivity index (χ0v) is 9.81. The number of rotatable bonds is 3. The largest absolute Gasteiger partial charge is 0.380 e. The third-order valence-electron chi connectivity index (χ3n) is 2.16. The third kappa shape index (κ3) is 2.26. The lowest BCUT2D eigenvalue weighted by atomic mass is 10.3. The van der Waals surface area contributed by atoms with E-state index in [2.05, 4.69) is 5.32 Å². The van der Waals surface area contributed by atoms with E-state index in [9.17, 15) is 4.79 Å². The maximum Gasteiger partial charge on any atom is 0.263 e. The van der Waals surface area contributed by atoms with E-state index in [4.69, 9.17) is 0 Å². The van der Waals surface area contributed by atoms with Crippen molar-refractivity contribution in [1.29, 1.82) is 0 Å². The molecule has 0 aromatic carbocycles. The van der Waals surface area contributed by atoms with Crippen LogP contribution in [0.2, 0.25) is 0 Å². The molecule has 0 aliphatic heterocycles. The number of thiophene rings is 1. The Morgan fingerprint density at radius 1 is 1.50 bits per heavy atom. The zero-order valence-electron chi connectivity index (χ0n) is 9.00. The molecule has 14 heavy (non-hydrogen) atoms. The fourth-order valence-electron chi connectivity index (χ4n) is 0.996. The van der Waals surface area contributed by atoms with Crippen molar-refractivity contribution in [3.05, 3.63) is 17.0 Å². The van der Waals surface area contributed by atoms with E-state index in [0.717, 1.165) is 9.88 Å². The molecule has 0 saturated heterocycles. The summed E-state index contributed by atoms with van der Waals surface area (Å²) in [5, 5.41) is 4.04. The summed E-state index contributed by atoms with van der Waals surface area (Å²) in [4.78, 5) is 14.3. The van der Waals surface area contributed by atoms with Gasteiger partial charge in [-0.1, -0.05) is 0 Å². The molecule has 1 N–H and O–H groups in total. The highest BCUT2D eigenvalue weighted by Gasteiger charge is 2.15. The molecule has 0 unspecified atom stereocenters. The van der Waals surface area contributed by atoms with E-state index >= 15 is 0 Å². The van der Waals surface area contributed by atoms with Crippen molar-refractivity contribution in [2.24, 2.45) is 0 Å². The highest BCUT2D eigenvalue weighted by Crippen LogP contribution is 2.22. The first-order chi connectivity index (χ1) is 6.56. The predicted octanol–water partition coefficient (Wildman–Crippen LogP) is 2.27. The van der Waals surface area contributed by atoms with Crippen LogP contribution in [0.15, 0.2) is 12.1 Å². The molecule has 0 fully saturated rings. The van der Waals surface area contributed by atoms with Crippen LogP contribution in [0.4, 0.5) is 5.00 Å². The van der Waals surface area contributed by atoms with Crippen molar-refractivity contribution in [3.63, 3.8) is 0 Å². The van der Waals surface area contributed by atoms with Crippen molar-refractivity contribution >= 4 is 22.2 Å². The summed E-state index contributed by atoms with van der Waals surface area (Å²) in [6.45, 7) is 4.01. The van der Waals surface area contributed by atoms with Crippen molar-refractivity contribution in [2.75, 3.05) is 19.4 Å². The van der Waals surface area contributed by atoms with E-state index in [1.165, 1.54) is 11.3 Å². The minimum absolute atomic E-state index is 0.0894. The van der Waals surface area contributed by atoms with Gasteiger partial charge in [0.1, 0.15) is 0 Å². The Morgan fingerprint density at radius 3 is 2.57 bits per heavy atom. The lowest BCUT2D eigenvalue weighted by Crippen LogP contribution is -2.32. The Balaban J connectivity index is 2.79. The maximum absolute atomic E-state index is 11.8. The van der Waals surface area contributed by atoms with Crippen LogP contribution in [-0.2, 0) is 0 Å². The van der Waals surface area contributed by atoms with Gasteiger partial charge in [0.2, 0.25) is 0 Å². The molecular formula is C10H16N2OS. The van der Waals surface area contributed by atoms with Gasteiger partial charge in [-0.15, -0.1) is 11.3 Å². The zero-order chi connectivity index (χ0) is 10.7. The molecule has 0 saturated carbocycles. The highest BCUT2D eigenvalue weighted by atomic mass is 32.1. The summed E-state index contributed by atoms with van der Waals surface area (Å²) in [5.74, 6) is 0.0894. The Labute approximate surface area is 88.7 Å². The monoisotopic (exact) mass is 212 g/mol. The van der Waals surface area contributed by atoms with Crippen molar-refractivity contribution in [1.82, 2.24) is 4.90 Å². The van der Waals surface area contributed by atoms with Gasteiger partial charge in [-0.3, -0.25) is 4.79 Å². The Hall–Kier alpha value is -1.03. The topological polar surface area (TPSA) is 32.3 Å². The van der Waals surface area contributed by atoms with Crippen molar-refractivity contribution < 1.29 is 4.79 Å². The number of hydrogen-bond acceptors (Lipinski definition) is 3. The summed E-state index contributed by atoms with van der Waals surface area (Å²) < 4.78 is 0. The first kappa shape index (κ1) is 11.0. The molecule has 0 aliphatic rings. The molecule has 0 bridgehead atoms. The molecule has 0 spiro atoms.